The third-order valence-electron chi connectivity index (χ3n) is 5.40. The van der Waals surface area contributed by atoms with E-state index in [-0.39, 0.29) is 6.04 Å². The second kappa shape index (κ2) is 7.92. The molecule has 0 aliphatic heterocycles. The highest BCUT2D eigenvalue weighted by Crippen LogP contribution is 2.43. The quantitative estimate of drug-likeness (QED) is 0.423. The SMILES string of the molecule is c1ccc(COc2ccc(C(C3CC3)n3cc(-c4ccccc4)nn3)cc2)cc1. The zero-order chi connectivity index (χ0) is 19.5. The lowest BCUT2D eigenvalue weighted by Crippen LogP contribution is -2.13. The summed E-state index contributed by atoms with van der Waals surface area (Å²) in [5.41, 5.74) is 4.43. The van der Waals surface area contributed by atoms with Crippen LogP contribution in [0, 0.1) is 5.92 Å². The van der Waals surface area contributed by atoms with Crippen LogP contribution in [0.15, 0.2) is 91.1 Å². The molecule has 1 fully saturated rings. The van der Waals surface area contributed by atoms with Crippen molar-refractivity contribution in [3.05, 3.63) is 102 Å². The fraction of sp³-hybridized carbons (Fsp3) is 0.200. The van der Waals surface area contributed by atoms with Gasteiger partial charge in [0.2, 0.25) is 0 Å². The molecule has 0 spiro atoms. The molecule has 1 aliphatic rings. The highest BCUT2D eigenvalue weighted by atomic mass is 16.5. The van der Waals surface area contributed by atoms with Gasteiger partial charge in [-0.25, -0.2) is 4.68 Å². The number of hydrogen-bond acceptors (Lipinski definition) is 3. The minimum atomic E-state index is 0.225. The molecule has 0 bridgehead atoms. The molecule has 0 N–H and O–H groups in total. The second-order valence-corrected chi connectivity index (χ2v) is 7.58. The normalized spacial score (nSPS) is 14.5. The molecular weight excluding hydrogens is 358 g/mol. The molecule has 1 atom stereocenters. The Bertz CT molecular complexity index is 1050. The van der Waals surface area contributed by atoms with Crippen LogP contribution in [0.4, 0.5) is 0 Å². The molecule has 29 heavy (non-hydrogen) atoms. The molecule has 4 nitrogen and oxygen atoms in total. The van der Waals surface area contributed by atoms with Gasteiger partial charge >= 0.3 is 0 Å². The van der Waals surface area contributed by atoms with Gasteiger partial charge in [-0.2, -0.15) is 0 Å². The molecule has 0 saturated heterocycles. The summed E-state index contributed by atoms with van der Waals surface area (Å²) in [5, 5.41) is 8.88. The number of ether oxygens (including phenoxy) is 1. The van der Waals surface area contributed by atoms with Gasteiger partial charge in [0.25, 0.3) is 0 Å². The van der Waals surface area contributed by atoms with Crippen molar-refractivity contribution >= 4 is 0 Å². The van der Waals surface area contributed by atoms with Gasteiger partial charge in [0.05, 0.1) is 12.2 Å². The van der Waals surface area contributed by atoms with E-state index in [1.165, 1.54) is 24.0 Å². The summed E-state index contributed by atoms with van der Waals surface area (Å²) >= 11 is 0. The molecule has 5 rings (SSSR count). The Hall–Kier alpha value is -3.40. The molecular formula is C25H23N3O. The van der Waals surface area contributed by atoms with Crippen LogP contribution in [0.25, 0.3) is 11.3 Å². The van der Waals surface area contributed by atoms with Crippen molar-refractivity contribution in [2.45, 2.75) is 25.5 Å². The number of hydrogen-bond donors (Lipinski definition) is 0. The number of nitrogens with zero attached hydrogens (tertiary/aromatic N) is 3. The second-order valence-electron chi connectivity index (χ2n) is 7.58. The Morgan fingerprint density at radius 3 is 2.24 bits per heavy atom. The fourth-order valence-electron chi connectivity index (χ4n) is 3.71. The Labute approximate surface area is 170 Å². The maximum Gasteiger partial charge on any atom is 0.119 e. The van der Waals surface area contributed by atoms with Crippen LogP contribution in [0.3, 0.4) is 0 Å². The molecule has 1 heterocycles. The average molecular weight is 381 g/mol. The van der Waals surface area contributed by atoms with Gasteiger partial charge in [-0.15, -0.1) is 5.10 Å². The highest BCUT2D eigenvalue weighted by Gasteiger charge is 2.34. The smallest absolute Gasteiger partial charge is 0.119 e. The topological polar surface area (TPSA) is 39.9 Å². The summed E-state index contributed by atoms with van der Waals surface area (Å²) in [4.78, 5) is 0. The van der Waals surface area contributed by atoms with E-state index >= 15 is 0 Å². The van der Waals surface area contributed by atoms with Crippen LogP contribution in [0.1, 0.15) is 30.0 Å². The van der Waals surface area contributed by atoms with Gasteiger partial charge in [-0.1, -0.05) is 78.0 Å². The number of rotatable bonds is 7. The lowest BCUT2D eigenvalue weighted by atomic mass is 10.0. The summed E-state index contributed by atoms with van der Waals surface area (Å²) in [6, 6.07) is 29.1. The van der Waals surface area contributed by atoms with E-state index in [4.69, 9.17) is 4.74 Å². The lowest BCUT2D eigenvalue weighted by molar-refractivity contribution is 0.306. The van der Waals surface area contributed by atoms with E-state index in [1.807, 2.05) is 41.1 Å². The van der Waals surface area contributed by atoms with Gasteiger partial charge in [-0.3, -0.25) is 0 Å². The predicted octanol–water partition coefficient (Wildman–Crippen LogP) is 5.52. The van der Waals surface area contributed by atoms with Crippen molar-refractivity contribution in [2.75, 3.05) is 0 Å². The van der Waals surface area contributed by atoms with Gasteiger partial charge in [0.1, 0.15) is 18.1 Å². The maximum absolute atomic E-state index is 5.94. The van der Waals surface area contributed by atoms with Crippen molar-refractivity contribution < 1.29 is 4.74 Å². The Morgan fingerprint density at radius 2 is 1.55 bits per heavy atom. The van der Waals surface area contributed by atoms with Crippen LogP contribution in [0.5, 0.6) is 5.75 Å². The number of aromatic nitrogens is 3. The van der Waals surface area contributed by atoms with E-state index in [9.17, 15) is 0 Å². The van der Waals surface area contributed by atoms with Crippen LogP contribution in [-0.2, 0) is 6.61 Å². The first-order valence-corrected chi connectivity index (χ1v) is 10.1. The van der Waals surface area contributed by atoms with E-state index in [0.717, 1.165) is 17.0 Å². The summed E-state index contributed by atoms with van der Waals surface area (Å²) in [5.74, 6) is 1.51. The molecule has 3 aromatic carbocycles. The maximum atomic E-state index is 5.94. The van der Waals surface area contributed by atoms with Crippen LogP contribution >= 0.6 is 0 Å². The van der Waals surface area contributed by atoms with Gasteiger partial charge < -0.3 is 4.74 Å². The molecule has 144 valence electrons. The molecule has 4 heteroatoms. The summed E-state index contributed by atoms with van der Waals surface area (Å²) in [7, 11) is 0. The first kappa shape index (κ1) is 17.7. The first-order chi connectivity index (χ1) is 14.4. The van der Waals surface area contributed by atoms with E-state index in [1.54, 1.807) is 0 Å². The van der Waals surface area contributed by atoms with Crippen molar-refractivity contribution in [1.82, 2.24) is 15.0 Å². The lowest BCUT2D eigenvalue weighted by Gasteiger charge is -2.17. The molecule has 0 amide bonds. The summed E-state index contributed by atoms with van der Waals surface area (Å²) < 4.78 is 7.96. The molecule has 4 aromatic rings. The van der Waals surface area contributed by atoms with Crippen molar-refractivity contribution in [3.63, 3.8) is 0 Å². The third-order valence-corrected chi connectivity index (χ3v) is 5.40. The minimum Gasteiger partial charge on any atom is -0.489 e. The zero-order valence-corrected chi connectivity index (χ0v) is 16.2. The molecule has 1 aliphatic carbocycles. The highest BCUT2D eigenvalue weighted by molar-refractivity contribution is 5.57. The van der Waals surface area contributed by atoms with E-state index in [0.29, 0.717) is 12.5 Å². The monoisotopic (exact) mass is 381 g/mol. The fourth-order valence-corrected chi connectivity index (χ4v) is 3.71. The molecule has 1 unspecified atom stereocenters. The Balaban J connectivity index is 1.33. The van der Waals surface area contributed by atoms with Crippen molar-refractivity contribution in [3.8, 4) is 17.0 Å². The Kier molecular flexibility index (Phi) is 4.83. The van der Waals surface area contributed by atoms with Gasteiger partial charge in [0, 0.05) is 5.56 Å². The summed E-state index contributed by atoms with van der Waals surface area (Å²) in [6.45, 7) is 0.579. The summed E-state index contributed by atoms with van der Waals surface area (Å²) in [6.07, 6.45) is 4.53. The average Bonchev–Trinajstić information content (AvgIpc) is 3.50. The van der Waals surface area contributed by atoms with Crippen molar-refractivity contribution in [2.24, 2.45) is 5.92 Å². The van der Waals surface area contributed by atoms with E-state index in [2.05, 4.69) is 65.0 Å². The van der Waals surface area contributed by atoms with E-state index < -0.39 is 0 Å². The zero-order valence-electron chi connectivity index (χ0n) is 16.2. The largest absolute Gasteiger partial charge is 0.489 e. The van der Waals surface area contributed by atoms with Crippen LogP contribution in [0.2, 0.25) is 0 Å². The van der Waals surface area contributed by atoms with Gasteiger partial charge in [-0.05, 0) is 42.0 Å². The minimum absolute atomic E-state index is 0.225. The first-order valence-electron chi connectivity index (χ1n) is 10.1. The van der Waals surface area contributed by atoms with Gasteiger partial charge in [0.15, 0.2) is 0 Å². The Morgan fingerprint density at radius 1 is 0.862 bits per heavy atom. The van der Waals surface area contributed by atoms with Crippen molar-refractivity contribution in [1.29, 1.82) is 0 Å². The number of benzene rings is 3. The molecule has 0 radical (unpaired) electrons. The molecule has 1 aromatic heterocycles. The molecule has 1 saturated carbocycles. The standard InChI is InChI=1S/C25H23N3O/c1-3-7-19(8-4-1)18-29-23-15-13-22(14-16-23)25(21-11-12-21)28-17-24(26-27-28)20-9-5-2-6-10-20/h1-10,13-17,21,25H,11-12,18H2. The van der Waals surface area contributed by atoms with Crippen LogP contribution < -0.4 is 4.74 Å². The van der Waals surface area contributed by atoms with Crippen LogP contribution in [-0.4, -0.2) is 15.0 Å². The predicted molar refractivity (Wildman–Crippen MR) is 114 cm³/mol. The third kappa shape index (κ3) is 4.06.